The number of rotatable bonds is 5. The number of benzene rings is 2. The van der Waals surface area contributed by atoms with E-state index in [1.165, 1.54) is 0 Å². The minimum atomic E-state index is 0.340. The number of hydrogen-bond acceptors (Lipinski definition) is 6. The van der Waals surface area contributed by atoms with Crippen molar-refractivity contribution in [2.45, 2.75) is 19.8 Å². The first kappa shape index (κ1) is 19.9. The highest BCUT2D eigenvalue weighted by atomic mass is 127. The Morgan fingerprint density at radius 2 is 1.64 bits per heavy atom. The van der Waals surface area contributed by atoms with Gasteiger partial charge in [0.2, 0.25) is 0 Å². The second kappa shape index (κ2) is 8.92. The average Bonchev–Trinajstić information content (AvgIpc) is 2.69. The number of nitrogens with zero attached hydrogens (tertiary/aromatic N) is 4. The maximum Gasteiger partial charge on any atom is 0.0995 e. The molecule has 4 N–H and O–H groups in total. The van der Waals surface area contributed by atoms with E-state index in [2.05, 4.69) is 56.4 Å². The number of nitrogen functional groups attached to an aromatic ring is 2. The Hall–Kier alpha value is -2.81. The van der Waals surface area contributed by atoms with Crippen LogP contribution in [-0.2, 0) is 0 Å². The minimum absolute atomic E-state index is 0.340. The second-order valence-electron chi connectivity index (χ2n) is 6.55. The third kappa shape index (κ3) is 4.72. The Morgan fingerprint density at radius 3 is 2.29 bits per heavy atom. The van der Waals surface area contributed by atoms with Crippen molar-refractivity contribution >= 4 is 55.8 Å². The molecule has 7 heteroatoms. The summed E-state index contributed by atoms with van der Waals surface area (Å²) in [4.78, 5) is 17.5. The minimum Gasteiger partial charge on any atom is -0.397 e. The van der Waals surface area contributed by atoms with Gasteiger partial charge in [0.15, 0.2) is 0 Å². The monoisotopic (exact) mass is 484 g/mol. The van der Waals surface area contributed by atoms with Gasteiger partial charge < -0.3 is 11.5 Å². The van der Waals surface area contributed by atoms with Gasteiger partial charge in [-0.1, -0.05) is 26.0 Å². The van der Waals surface area contributed by atoms with Crippen LogP contribution in [0.15, 0.2) is 58.8 Å². The second-order valence-corrected chi connectivity index (χ2v) is 7.11. The SMILES string of the molecule is CC(C)c1cnc(/C=N/c2cc(-c3ccc(/N=C/I)c(N)c3)ccc2N)cn1. The van der Waals surface area contributed by atoms with E-state index in [-0.39, 0.29) is 0 Å². The van der Waals surface area contributed by atoms with Crippen LogP contribution in [0.5, 0.6) is 0 Å². The number of aromatic nitrogens is 2. The molecule has 0 atom stereocenters. The van der Waals surface area contributed by atoms with Crippen molar-refractivity contribution in [2.75, 3.05) is 11.5 Å². The predicted octanol–water partition coefficient (Wildman–Crippen LogP) is 5.28. The van der Waals surface area contributed by atoms with Crippen LogP contribution >= 0.6 is 22.6 Å². The van der Waals surface area contributed by atoms with Crippen molar-refractivity contribution < 1.29 is 0 Å². The van der Waals surface area contributed by atoms with Crippen LogP contribution in [0, 0.1) is 0 Å². The normalized spacial score (nSPS) is 11.7. The van der Waals surface area contributed by atoms with Crippen molar-refractivity contribution in [3.05, 3.63) is 60.2 Å². The lowest BCUT2D eigenvalue weighted by atomic mass is 10.0. The molecule has 0 amide bonds. The van der Waals surface area contributed by atoms with Crippen LogP contribution in [0.3, 0.4) is 0 Å². The zero-order valence-corrected chi connectivity index (χ0v) is 17.8. The molecule has 0 saturated carbocycles. The van der Waals surface area contributed by atoms with E-state index in [9.17, 15) is 0 Å². The maximum atomic E-state index is 6.09. The molecule has 0 fully saturated rings. The van der Waals surface area contributed by atoms with Crippen LogP contribution in [-0.4, -0.2) is 20.4 Å². The van der Waals surface area contributed by atoms with Crippen molar-refractivity contribution in [1.82, 2.24) is 9.97 Å². The van der Waals surface area contributed by atoms with Crippen LogP contribution in [0.25, 0.3) is 11.1 Å². The molecule has 3 aromatic rings. The number of hydrogen-bond donors (Lipinski definition) is 2. The highest BCUT2D eigenvalue weighted by molar-refractivity contribution is 14.1. The molecule has 0 aliphatic rings. The molecule has 0 aliphatic heterocycles. The summed E-state index contributed by atoms with van der Waals surface area (Å²) in [6.45, 7) is 4.16. The summed E-state index contributed by atoms with van der Waals surface area (Å²) in [7, 11) is 0. The lowest BCUT2D eigenvalue weighted by Gasteiger charge is -2.08. The van der Waals surface area contributed by atoms with E-state index >= 15 is 0 Å². The van der Waals surface area contributed by atoms with Crippen LogP contribution in [0.2, 0.25) is 0 Å². The van der Waals surface area contributed by atoms with Gasteiger partial charge >= 0.3 is 0 Å². The van der Waals surface area contributed by atoms with Crippen molar-refractivity contribution in [1.29, 1.82) is 0 Å². The van der Waals surface area contributed by atoms with Gasteiger partial charge in [0, 0.05) is 6.20 Å². The fraction of sp³-hybridized carbons (Fsp3) is 0.143. The van der Waals surface area contributed by atoms with E-state index in [0.717, 1.165) is 22.5 Å². The van der Waals surface area contributed by atoms with Gasteiger partial charge in [-0.3, -0.25) is 15.0 Å². The Bertz CT molecular complexity index is 1030. The van der Waals surface area contributed by atoms with Gasteiger partial charge in [0.25, 0.3) is 0 Å². The maximum absolute atomic E-state index is 6.09. The molecule has 142 valence electrons. The van der Waals surface area contributed by atoms with Crippen molar-refractivity contribution in [3.63, 3.8) is 0 Å². The smallest absolute Gasteiger partial charge is 0.0995 e. The van der Waals surface area contributed by atoms with Gasteiger partial charge in [-0.05, 0) is 63.9 Å². The van der Waals surface area contributed by atoms with Gasteiger partial charge in [0.1, 0.15) is 0 Å². The first-order valence-corrected chi connectivity index (χ1v) is 10.0. The molecule has 1 heterocycles. The summed E-state index contributed by atoms with van der Waals surface area (Å²) in [6.07, 6.45) is 5.15. The number of halogens is 1. The average molecular weight is 484 g/mol. The summed E-state index contributed by atoms with van der Waals surface area (Å²) in [6, 6.07) is 11.5. The Morgan fingerprint density at radius 1 is 0.893 bits per heavy atom. The quantitative estimate of drug-likeness (QED) is 0.292. The fourth-order valence-corrected chi connectivity index (χ4v) is 2.89. The molecule has 0 spiro atoms. The largest absolute Gasteiger partial charge is 0.397 e. The highest BCUT2D eigenvalue weighted by Gasteiger charge is 2.06. The molecule has 0 aliphatic carbocycles. The van der Waals surface area contributed by atoms with E-state index < -0.39 is 0 Å². The number of anilines is 2. The molecular weight excluding hydrogens is 463 g/mol. The summed E-state index contributed by atoms with van der Waals surface area (Å²) < 4.78 is 1.69. The Balaban J connectivity index is 1.88. The van der Waals surface area contributed by atoms with Gasteiger partial charge in [-0.15, -0.1) is 0 Å². The fourth-order valence-electron chi connectivity index (χ4n) is 2.59. The standard InChI is InChI=1S/C21H21IN6/c1-13(2)21-11-25-16(10-27-21)9-26-20-8-15(3-5-17(20)23)14-4-6-19(28-12-22)18(24)7-14/h3-13H,23-24H2,1-2H3/b26-9+,28-12+. The lowest BCUT2D eigenvalue weighted by Crippen LogP contribution is -1.96. The third-order valence-electron chi connectivity index (χ3n) is 4.20. The molecule has 0 bridgehead atoms. The summed E-state index contributed by atoms with van der Waals surface area (Å²) >= 11 is 2.07. The molecular formula is C21H21IN6. The molecule has 28 heavy (non-hydrogen) atoms. The highest BCUT2D eigenvalue weighted by Crippen LogP contribution is 2.33. The van der Waals surface area contributed by atoms with E-state index in [1.54, 1.807) is 22.8 Å². The molecule has 0 saturated heterocycles. The zero-order valence-electron chi connectivity index (χ0n) is 15.7. The molecule has 0 unspecified atom stereocenters. The molecule has 0 radical (unpaired) electrons. The van der Waals surface area contributed by atoms with Crippen LogP contribution < -0.4 is 11.5 Å². The zero-order chi connectivity index (χ0) is 20.1. The first-order valence-electron chi connectivity index (χ1n) is 8.76. The summed E-state index contributed by atoms with van der Waals surface area (Å²) in [5.74, 6) is 0.340. The molecule has 3 rings (SSSR count). The topological polar surface area (TPSA) is 103 Å². The predicted molar refractivity (Wildman–Crippen MR) is 126 cm³/mol. The number of aliphatic imine (C=N–C) groups is 2. The van der Waals surface area contributed by atoms with Gasteiger partial charge in [-0.2, -0.15) is 0 Å². The molecule has 1 aromatic heterocycles. The van der Waals surface area contributed by atoms with E-state index in [0.29, 0.717) is 28.7 Å². The van der Waals surface area contributed by atoms with Crippen molar-refractivity contribution in [3.8, 4) is 11.1 Å². The van der Waals surface area contributed by atoms with E-state index in [4.69, 9.17) is 11.5 Å². The number of nitrogens with two attached hydrogens (primary N) is 2. The Kier molecular flexibility index (Phi) is 6.35. The van der Waals surface area contributed by atoms with Crippen molar-refractivity contribution in [2.24, 2.45) is 9.98 Å². The van der Waals surface area contributed by atoms with Gasteiger partial charge in [-0.25, -0.2) is 4.99 Å². The van der Waals surface area contributed by atoms with E-state index in [1.807, 2.05) is 36.4 Å². The first-order chi connectivity index (χ1) is 13.5. The summed E-state index contributed by atoms with van der Waals surface area (Å²) in [5.41, 5.74) is 18.4. The Labute approximate surface area is 178 Å². The molecule has 6 nitrogen and oxygen atoms in total. The van der Waals surface area contributed by atoms with Crippen LogP contribution in [0.4, 0.5) is 22.7 Å². The lowest BCUT2D eigenvalue weighted by molar-refractivity contribution is 0.811. The third-order valence-corrected chi connectivity index (χ3v) is 4.48. The molecule has 2 aromatic carbocycles. The summed E-state index contributed by atoms with van der Waals surface area (Å²) in [5, 5.41) is 0. The van der Waals surface area contributed by atoms with Crippen LogP contribution in [0.1, 0.15) is 31.2 Å². The van der Waals surface area contributed by atoms with Gasteiger partial charge in [0.05, 0.1) is 50.8 Å².